The maximum Gasteiger partial charge on any atom is 0.294 e. The van der Waals surface area contributed by atoms with Crippen LogP contribution in [-0.4, -0.2) is 37.1 Å². The lowest BCUT2D eigenvalue weighted by Crippen LogP contribution is -2.33. The molecule has 1 amide bonds. The van der Waals surface area contributed by atoms with Gasteiger partial charge >= 0.3 is 0 Å². The summed E-state index contributed by atoms with van der Waals surface area (Å²) in [6.45, 7) is 2.23. The maximum absolute atomic E-state index is 12.4. The SMILES string of the molecule is Cc1nc(C(=O)N(Cc2cccc(O)c2)C2CC2)n[nH]1. The Labute approximate surface area is 116 Å². The van der Waals surface area contributed by atoms with Gasteiger partial charge in [-0.15, -0.1) is 5.10 Å². The van der Waals surface area contributed by atoms with E-state index in [0.717, 1.165) is 18.4 Å². The van der Waals surface area contributed by atoms with Crippen molar-refractivity contribution in [2.75, 3.05) is 0 Å². The molecule has 2 aromatic rings. The molecule has 1 fully saturated rings. The molecule has 3 rings (SSSR count). The molecule has 6 heteroatoms. The lowest BCUT2D eigenvalue weighted by atomic mass is 10.2. The van der Waals surface area contributed by atoms with Crippen LogP contribution >= 0.6 is 0 Å². The lowest BCUT2D eigenvalue weighted by Gasteiger charge is -2.21. The molecule has 1 aliphatic rings. The highest BCUT2D eigenvalue weighted by atomic mass is 16.3. The zero-order chi connectivity index (χ0) is 14.1. The number of hydrogen-bond acceptors (Lipinski definition) is 4. The Bertz CT molecular complexity index is 634. The van der Waals surface area contributed by atoms with Crippen LogP contribution in [0.1, 0.15) is 34.8 Å². The first-order valence-electron chi connectivity index (χ1n) is 6.61. The molecule has 104 valence electrons. The summed E-state index contributed by atoms with van der Waals surface area (Å²) in [5, 5.41) is 16.1. The quantitative estimate of drug-likeness (QED) is 0.886. The Kier molecular flexibility index (Phi) is 3.14. The van der Waals surface area contributed by atoms with Gasteiger partial charge in [-0.1, -0.05) is 12.1 Å². The lowest BCUT2D eigenvalue weighted by molar-refractivity contribution is 0.0717. The Balaban J connectivity index is 1.81. The predicted molar refractivity (Wildman–Crippen MR) is 72.1 cm³/mol. The van der Waals surface area contributed by atoms with E-state index in [1.54, 1.807) is 30.0 Å². The Morgan fingerprint density at radius 1 is 1.50 bits per heavy atom. The number of nitrogens with zero attached hydrogens (tertiary/aromatic N) is 3. The van der Waals surface area contributed by atoms with Crippen molar-refractivity contribution in [3.8, 4) is 5.75 Å². The van der Waals surface area contributed by atoms with Gasteiger partial charge in [0.2, 0.25) is 5.82 Å². The fraction of sp³-hybridized carbons (Fsp3) is 0.357. The number of aromatic nitrogens is 3. The molecule has 1 aromatic carbocycles. The summed E-state index contributed by atoms with van der Waals surface area (Å²) >= 11 is 0. The van der Waals surface area contributed by atoms with E-state index in [-0.39, 0.29) is 23.5 Å². The molecule has 1 aliphatic carbocycles. The molecular formula is C14H16N4O2. The number of H-pyrrole nitrogens is 1. The predicted octanol–water partition coefficient (Wildman–Crippen LogP) is 1.62. The van der Waals surface area contributed by atoms with Gasteiger partial charge in [-0.05, 0) is 37.5 Å². The summed E-state index contributed by atoms with van der Waals surface area (Å²) in [6, 6.07) is 7.21. The molecule has 0 spiro atoms. The van der Waals surface area contributed by atoms with E-state index in [1.807, 2.05) is 6.07 Å². The molecule has 20 heavy (non-hydrogen) atoms. The molecule has 0 aliphatic heterocycles. The minimum absolute atomic E-state index is 0.166. The minimum Gasteiger partial charge on any atom is -0.508 e. The average molecular weight is 272 g/mol. The molecule has 2 N–H and O–H groups in total. The zero-order valence-electron chi connectivity index (χ0n) is 11.2. The number of benzene rings is 1. The van der Waals surface area contributed by atoms with Gasteiger partial charge < -0.3 is 10.0 Å². The van der Waals surface area contributed by atoms with Crippen molar-refractivity contribution in [3.05, 3.63) is 41.5 Å². The molecule has 0 saturated heterocycles. The Morgan fingerprint density at radius 2 is 2.30 bits per heavy atom. The van der Waals surface area contributed by atoms with Gasteiger partial charge in [0, 0.05) is 12.6 Å². The van der Waals surface area contributed by atoms with Gasteiger partial charge in [0.1, 0.15) is 11.6 Å². The summed E-state index contributed by atoms with van der Waals surface area (Å²) in [7, 11) is 0. The third-order valence-electron chi connectivity index (χ3n) is 3.30. The van der Waals surface area contributed by atoms with Crippen molar-refractivity contribution in [1.29, 1.82) is 0 Å². The van der Waals surface area contributed by atoms with E-state index >= 15 is 0 Å². The highest BCUT2D eigenvalue weighted by Crippen LogP contribution is 2.29. The fourth-order valence-corrected chi connectivity index (χ4v) is 2.17. The van der Waals surface area contributed by atoms with Crippen LogP contribution in [0.25, 0.3) is 0 Å². The first kappa shape index (κ1) is 12.7. The summed E-state index contributed by atoms with van der Waals surface area (Å²) in [4.78, 5) is 18.3. The largest absolute Gasteiger partial charge is 0.508 e. The summed E-state index contributed by atoms with van der Waals surface area (Å²) in [5.41, 5.74) is 0.900. The number of rotatable bonds is 4. The maximum atomic E-state index is 12.4. The van der Waals surface area contributed by atoms with Crippen LogP contribution in [0.5, 0.6) is 5.75 Å². The number of aryl methyl sites for hydroxylation is 1. The van der Waals surface area contributed by atoms with Crippen LogP contribution in [0.15, 0.2) is 24.3 Å². The Hall–Kier alpha value is -2.37. The molecule has 1 aromatic heterocycles. The van der Waals surface area contributed by atoms with Crippen LogP contribution in [0, 0.1) is 6.92 Å². The number of phenols is 1. The van der Waals surface area contributed by atoms with Crippen molar-refractivity contribution in [2.45, 2.75) is 32.4 Å². The first-order valence-corrected chi connectivity index (χ1v) is 6.61. The summed E-state index contributed by atoms with van der Waals surface area (Å²) in [5.74, 6) is 0.871. The number of aromatic hydroxyl groups is 1. The average Bonchev–Trinajstić information content (AvgIpc) is 3.17. The van der Waals surface area contributed by atoms with E-state index in [0.29, 0.717) is 12.4 Å². The zero-order valence-corrected chi connectivity index (χ0v) is 11.2. The van der Waals surface area contributed by atoms with Crippen molar-refractivity contribution in [3.63, 3.8) is 0 Å². The topological polar surface area (TPSA) is 82.1 Å². The molecule has 0 unspecified atom stereocenters. The third-order valence-corrected chi connectivity index (χ3v) is 3.30. The number of phenolic OH excluding ortho intramolecular Hbond substituents is 1. The van der Waals surface area contributed by atoms with Crippen LogP contribution in [-0.2, 0) is 6.54 Å². The van der Waals surface area contributed by atoms with Gasteiger partial charge in [-0.2, -0.15) is 0 Å². The summed E-state index contributed by atoms with van der Waals surface area (Å²) in [6.07, 6.45) is 2.02. The van der Waals surface area contributed by atoms with Crippen molar-refractivity contribution >= 4 is 5.91 Å². The smallest absolute Gasteiger partial charge is 0.294 e. The van der Waals surface area contributed by atoms with E-state index < -0.39 is 0 Å². The molecule has 0 radical (unpaired) electrons. The van der Waals surface area contributed by atoms with Gasteiger partial charge in [0.05, 0.1) is 0 Å². The van der Waals surface area contributed by atoms with Crippen LogP contribution in [0.2, 0.25) is 0 Å². The molecular weight excluding hydrogens is 256 g/mol. The molecule has 1 saturated carbocycles. The second-order valence-corrected chi connectivity index (χ2v) is 5.08. The van der Waals surface area contributed by atoms with E-state index in [2.05, 4.69) is 15.2 Å². The monoisotopic (exact) mass is 272 g/mol. The standard InChI is InChI=1S/C14H16N4O2/c1-9-15-13(17-16-9)14(20)18(11-5-6-11)8-10-3-2-4-12(19)7-10/h2-4,7,11,19H,5-6,8H2,1H3,(H,15,16,17). The number of carbonyl (C=O) groups is 1. The van der Waals surface area contributed by atoms with Gasteiger partial charge in [-0.3, -0.25) is 9.89 Å². The Morgan fingerprint density at radius 3 is 2.90 bits per heavy atom. The van der Waals surface area contributed by atoms with Gasteiger partial charge in [-0.25, -0.2) is 4.98 Å². The molecule has 0 bridgehead atoms. The number of hydrogen-bond donors (Lipinski definition) is 2. The summed E-state index contributed by atoms with van der Waals surface area (Å²) < 4.78 is 0. The van der Waals surface area contributed by atoms with E-state index in [1.165, 1.54) is 0 Å². The fourth-order valence-electron chi connectivity index (χ4n) is 2.17. The third kappa shape index (κ3) is 2.64. The second kappa shape index (κ2) is 4.96. The normalized spacial score (nSPS) is 14.2. The van der Waals surface area contributed by atoms with Crippen LogP contribution in [0.4, 0.5) is 0 Å². The van der Waals surface area contributed by atoms with Crippen molar-refractivity contribution in [1.82, 2.24) is 20.1 Å². The molecule has 6 nitrogen and oxygen atoms in total. The van der Waals surface area contributed by atoms with Gasteiger partial charge in [0.25, 0.3) is 5.91 Å². The van der Waals surface area contributed by atoms with E-state index in [9.17, 15) is 9.90 Å². The number of amides is 1. The molecule has 0 atom stereocenters. The van der Waals surface area contributed by atoms with Crippen LogP contribution in [0.3, 0.4) is 0 Å². The van der Waals surface area contributed by atoms with Crippen molar-refractivity contribution < 1.29 is 9.90 Å². The second-order valence-electron chi connectivity index (χ2n) is 5.08. The number of nitrogens with one attached hydrogen (secondary N) is 1. The van der Waals surface area contributed by atoms with Crippen molar-refractivity contribution in [2.24, 2.45) is 0 Å². The van der Waals surface area contributed by atoms with Gasteiger partial charge in [0.15, 0.2) is 0 Å². The first-order chi connectivity index (χ1) is 9.63. The highest BCUT2D eigenvalue weighted by molar-refractivity contribution is 5.90. The van der Waals surface area contributed by atoms with Crippen LogP contribution < -0.4 is 0 Å². The molecule has 1 heterocycles. The minimum atomic E-state index is -0.166. The number of carbonyl (C=O) groups excluding carboxylic acids is 1. The number of aromatic amines is 1. The van der Waals surface area contributed by atoms with E-state index in [4.69, 9.17) is 0 Å². The highest BCUT2D eigenvalue weighted by Gasteiger charge is 2.34.